The van der Waals surface area contributed by atoms with E-state index in [9.17, 15) is 9.59 Å². The summed E-state index contributed by atoms with van der Waals surface area (Å²) in [5.41, 5.74) is 2.57. The number of ether oxygens (including phenoxy) is 2. The molecule has 0 heterocycles. The van der Waals surface area contributed by atoms with Gasteiger partial charge in [-0.25, -0.2) is 4.79 Å². The summed E-state index contributed by atoms with van der Waals surface area (Å²) in [6, 6.07) is 6.87. The molecule has 0 saturated heterocycles. The molecule has 1 aromatic carbocycles. The summed E-state index contributed by atoms with van der Waals surface area (Å²) in [5, 5.41) is 0. The first kappa shape index (κ1) is 29.4. The number of hydrogen-bond donors (Lipinski definition) is 0. The molecule has 3 fully saturated rings. The van der Waals surface area contributed by atoms with Crippen LogP contribution in [0.3, 0.4) is 0 Å². The van der Waals surface area contributed by atoms with Crippen LogP contribution in [0, 0.1) is 46.3 Å². The molecule has 0 aliphatic heterocycles. The molecular formula is C36H52O4. The molecule has 4 nitrogen and oxygen atoms in total. The lowest BCUT2D eigenvalue weighted by molar-refractivity contribution is -0.131. The number of carbonyl (C=O) groups is 2. The van der Waals surface area contributed by atoms with Gasteiger partial charge < -0.3 is 9.47 Å². The van der Waals surface area contributed by atoms with E-state index >= 15 is 0 Å². The van der Waals surface area contributed by atoms with E-state index in [1.165, 1.54) is 63.9 Å². The molecule has 3 saturated carbocycles. The van der Waals surface area contributed by atoms with Crippen LogP contribution in [-0.2, 0) is 9.53 Å². The minimum absolute atomic E-state index is 0.120. The maximum atomic E-state index is 13.1. The molecule has 40 heavy (non-hydrogen) atoms. The van der Waals surface area contributed by atoms with Crippen molar-refractivity contribution in [1.82, 2.24) is 0 Å². The fourth-order valence-electron chi connectivity index (χ4n) is 9.85. The molecule has 0 radical (unpaired) electrons. The van der Waals surface area contributed by atoms with Crippen LogP contribution in [0.2, 0.25) is 0 Å². The Hall–Kier alpha value is -2.10. The van der Waals surface area contributed by atoms with Crippen molar-refractivity contribution in [3.63, 3.8) is 0 Å². The lowest BCUT2D eigenvalue weighted by Crippen LogP contribution is -2.51. The van der Waals surface area contributed by atoms with Crippen molar-refractivity contribution in [1.29, 1.82) is 0 Å². The lowest BCUT2D eigenvalue weighted by atomic mass is 9.47. The molecule has 4 heteroatoms. The molecule has 0 amide bonds. The van der Waals surface area contributed by atoms with Crippen molar-refractivity contribution in [2.24, 2.45) is 46.3 Å². The largest absolute Gasteiger partial charge is 0.458 e. The number of fused-ring (bicyclic) bond motifs is 5. The van der Waals surface area contributed by atoms with Gasteiger partial charge in [-0.2, -0.15) is 0 Å². The van der Waals surface area contributed by atoms with E-state index in [1.54, 1.807) is 24.3 Å². The fourth-order valence-corrected chi connectivity index (χ4v) is 9.85. The number of allylic oxidation sites excluding steroid dienone is 1. The fraction of sp³-hybridized carbons (Fsp3) is 0.722. The van der Waals surface area contributed by atoms with Crippen LogP contribution < -0.4 is 4.74 Å². The van der Waals surface area contributed by atoms with Gasteiger partial charge >= 0.3 is 11.9 Å². The summed E-state index contributed by atoms with van der Waals surface area (Å²) in [4.78, 5) is 24.6. The Bertz CT molecular complexity index is 1120. The molecule has 0 aromatic heterocycles. The van der Waals surface area contributed by atoms with Gasteiger partial charge in [0.2, 0.25) is 0 Å². The highest BCUT2D eigenvalue weighted by Gasteiger charge is 2.59. The minimum atomic E-state index is -0.437. The van der Waals surface area contributed by atoms with Crippen molar-refractivity contribution in [3.05, 3.63) is 41.5 Å². The molecule has 4 aliphatic rings. The third kappa shape index (κ3) is 5.53. The van der Waals surface area contributed by atoms with E-state index in [2.05, 4.69) is 40.7 Å². The zero-order valence-electron chi connectivity index (χ0n) is 25.8. The maximum absolute atomic E-state index is 13.1. The average Bonchev–Trinajstić information content (AvgIpc) is 3.26. The summed E-state index contributed by atoms with van der Waals surface area (Å²) >= 11 is 0. The van der Waals surface area contributed by atoms with Gasteiger partial charge in [0.1, 0.15) is 17.4 Å². The molecule has 0 N–H and O–H groups in total. The number of esters is 2. The lowest BCUT2D eigenvalue weighted by Gasteiger charge is -2.58. The summed E-state index contributed by atoms with van der Waals surface area (Å²) in [7, 11) is 0. The maximum Gasteiger partial charge on any atom is 0.342 e. The zero-order valence-corrected chi connectivity index (χ0v) is 25.8. The highest BCUT2D eigenvalue weighted by Crippen LogP contribution is 2.67. The standard InChI is InChI=1S/C36H52O4/c1-23(2)10-9-11-24(3)30-16-17-31-28-15-14-26-22-27(18-20-35(26,5)32(28)19-21-36(30,31)6)40-34(38)29-12-7-8-13-33(29)39-25(4)37/h7-8,12-14,23-24,27-28,30-32H,9-11,15-22H2,1-6H3/t24-,27+,28+,30-,31+,32+,35+,36-/m1/s1. The quantitative estimate of drug-likeness (QED) is 0.185. The number of benzene rings is 1. The summed E-state index contributed by atoms with van der Waals surface area (Å²) in [5.74, 6) is 4.38. The summed E-state index contributed by atoms with van der Waals surface area (Å²) < 4.78 is 11.3. The monoisotopic (exact) mass is 548 g/mol. The van der Waals surface area contributed by atoms with Crippen molar-refractivity contribution in [2.75, 3.05) is 0 Å². The van der Waals surface area contributed by atoms with Crippen LogP contribution in [0.5, 0.6) is 5.75 Å². The van der Waals surface area contributed by atoms with E-state index in [1.807, 2.05) is 0 Å². The van der Waals surface area contributed by atoms with Crippen LogP contribution in [0.4, 0.5) is 0 Å². The molecule has 0 spiro atoms. The first-order chi connectivity index (χ1) is 19.0. The minimum Gasteiger partial charge on any atom is -0.458 e. The van der Waals surface area contributed by atoms with Crippen molar-refractivity contribution < 1.29 is 19.1 Å². The number of para-hydroxylation sites is 1. The summed E-state index contributed by atoms with van der Waals surface area (Å²) in [6.07, 6.45) is 16.2. The SMILES string of the molecule is CC(=O)Oc1ccccc1C(=O)O[C@H]1CC[C@@]2(C)C(=CC[C@H]3[C@@H]4CC[C@H]([C@H](C)CCCC(C)C)[C@@]4(C)CC[C@@H]32)C1. The second kappa shape index (κ2) is 11.6. The second-order valence-electron chi connectivity index (χ2n) is 14.6. The van der Waals surface area contributed by atoms with Gasteiger partial charge in [-0.15, -0.1) is 0 Å². The van der Waals surface area contributed by atoms with Gasteiger partial charge in [0.15, 0.2) is 0 Å². The zero-order chi connectivity index (χ0) is 28.7. The molecule has 220 valence electrons. The molecular weight excluding hydrogens is 496 g/mol. The van der Waals surface area contributed by atoms with Crippen molar-refractivity contribution in [3.8, 4) is 5.75 Å². The predicted molar refractivity (Wildman–Crippen MR) is 160 cm³/mol. The predicted octanol–water partition coefficient (Wildman–Crippen LogP) is 9.18. The molecule has 5 rings (SSSR count). The van der Waals surface area contributed by atoms with Gasteiger partial charge in [0.05, 0.1) is 0 Å². The number of rotatable bonds is 8. The second-order valence-corrected chi connectivity index (χ2v) is 14.6. The van der Waals surface area contributed by atoms with E-state index < -0.39 is 11.9 Å². The Labute approximate surface area is 242 Å². The smallest absolute Gasteiger partial charge is 0.342 e. The normalized spacial score (nSPS) is 35.7. The Balaban J connectivity index is 1.25. The Morgan fingerprint density at radius 2 is 1.75 bits per heavy atom. The average molecular weight is 549 g/mol. The topological polar surface area (TPSA) is 52.6 Å². The first-order valence-corrected chi connectivity index (χ1v) is 16.2. The van der Waals surface area contributed by atoms with Crippen molar-refractivity contribution in [2.45, 2.75) is 118 Å². The highest BCUT2D eigenvalue weighted by molar-refractivity contribution is 5.93. The van der Waals surface area contributed by atoms with E-state index in [0.29, 0.717) is 11.0 Å². The third-order valence-corrected chi connectivity index (χ3v) is 11.9. The van der Waals surface area contributed by atoms with Crippen LogP contribution in [0.25, 0.3) is 0 Å². The molecule has 4 aliphatic carbocycles. The van der Waals surface area contributed by atoms with Crippen molar-refractivity contribution >= 4 is 11.9 Å². The first-order valence-electron chi connectivity index (χ1n) is 16.2. The van der Waals surface area contributed by atoms with E-state index in [4.69, 9.17) is 9.47 Å². The van der Waals surface area contributed by atoms with E-state index in [0.717, 1.165) is 54.8 Å². The van der Waals surface area contributed by atoms with Gasteiger partial charge in [-0.1, -0.05) is 77.7 Å². The van der Waals surface area contributed by atoms with Gasteiger partial charge in [0, 0.05) is 13.3 Å². The van der Waals surface area contributed by atoms with Gasteiger partial charge in [0.25, 0.3) is 0 Å². The Kier molecular flexibility index (Phi) is 8.56. The molecule has 1 aromatic rings. The van der Waals surface area contributed by atoms with E-state index in [-0.39, 0.29) is 17.3 Å². The van der Waals surface area contributed by atoms with Crippen LogP contribution in [0.15, 0.2) is 35.9 Å². The molecule has 0 unspecified atom stereocenters. The molecule has 8 atom stereocenters. The molecule has 0 bridgehead atoms. The number of carbonyl (C=O) groups excluding carboxylic acids is 2. The summed E-state index contributed by atoms with van der Waals surface area (Å²) in [6.45, 7) is 13.8. The van der Waals surface area contributed by atoms with Gasteiger partial charge in [-0.05, 0) is 103 Å². The number of hydrogen-bond acceptors (Lipinski definition) is 4. The highest BCUT2D eigenvalue weighted by atomic mass is 16.6. The van der Waals surface area contributed by atoms with Gasteiger partial charge in [-0.3, -0.25) is 4.79 Å². The third-order valence-electron chi connectivity index (χ3n) is 11.9. The van der Waals surface area contributed by atoms with Crippen LogP contribution >= 0.6 is 0 Å². The Morgan fingerprint density at radius 3 is 2.50 bits per heavy atom. The van der Waals surface area contributed by atoms with Crippen LogP contribution in [0.1, 0.15) is 123 Å². The van der Waals surface area contributed by atoms with Crippen LogP contribution in [-0.4, -0.2) is 18.0 Å². The Morgan fingerprint density at radius 1 is 0.975 bits per heavy atom.